The standard InChI is InChI=1S/C46H64N7O11PSSi2/c1-28(2)40(54)49-43-48-39-38(42(56)50-43)47-27-53(39)37-22-32(35(62-37)26-60-68(46(7,8)9,30-18-14-12-15-19-30)31-20-16-13-17-21-31)63-65(58,66)59-25-34-33(64-67(10,11)45(4,5)6)23-36(61-34)52-24-29(3)41(55)51-44(52)57/h12-21,24,27-28,32-37H,22-23,25-26H2,1-11H3,(H,58,66)(H,51,55,57)(H2,48,49,50,54,56)/t32-,33-,34+,35+,36+,37+,65?/m0/s1. The summed E-state index contributed by atoms with van der Waals surface area (Å²) in [6, 6.07) is 20.3. The summed E-state index contributed by atoms with van der Waals surface area (Å²) in [5.74, 6) is -0.764. The van der Waals surface area contributed by atoms with Crippen LogP contribution in [0.1, 0.15) is 86.3 Å². The van der Waals surface area contributed by atoms with E-state index in [1.54, 1.807) is 25.3 Å². The minimum absolute atomic E-state index is 0.00327. The van der Waals surface area contributed by atoms with E-state index in [1.165, 1.54) is 17.1 Å². The van der Waals surface area contributed by atoms with Gasteiger partial charge in [-0.25, -0.2) is 9.78 Å². The van der Waals surface area contributed by atoms with Gasteiger partial charge < -0.3 is 32.3 Å². The number of rotatable bonds is 16. The Bertz CT molecular complexity index is 2790. The lowest BCUT2D eigenvalue weighted by Gasteiger charge is -2.43. The highest BCUT2D eigenvalue weighted by Gasteiger charge is 2.52. The second kappa shape index (κ2) is 19.9. The second-order valence-corrected chi connectivity index (χ2v) is 32.2. The van der Waals surface area contributed by atoms with Crippen LogP contribution < -0.4 is 32.5 Å². The minimum atomic E-state index is -4.14. The third kappa shape index (κ3) is 10.9. The van der Waals surface area contributed by atoms with Gasteiger partial charge in [-0.15, -0.1) is 0 Å². The predicted octanol–water partition coefficient (Wildman–Crippen LogP) is 5.73. The Morgan fingerprint density at radius 1 is 0.882 bits per heavy atom. The second-order valence-electron chi connectivity index (χ2n) is 20.4. The average Bonchev–Trinajstić information content (AvgIpc) is 3.98. The van der Waals surface area contributed by atoms with Crippen molar-refractivity contribution in [3.05, 3.63) is 110 Å². The van der Waals surface area contributed by atoms with Gasteiger partial charge >= 0.3 is 12.4 Å². The first-order valence-corrected chi connectivity index (χ1v) is 30.2. The molecule has 7 atom stereocenters. The Kier molecular flexibility index (Phi) is 15.1. The number of carbonyl (C=O) groups excluding carboxylic acids is 1. The summed E-state index contributed by atoms with van der Waals surface area (Å²) in [5.41, 5.74) is -1.16. The average molecular weight is 1010 g/mol. The molecule has 0 saturated carbocycles. The number of aromatic nitrogens is 6. The normalized spacial score (nSPS) is 22.5. The highest BCUT2D eigenvalue weighted by molar-refractivity contribution is 8.07. The van der Waals surface area contributed by atoms with Gasteiger partial charge in [0.05, 0.1) is 31.7 Å². The zero-order valence-corrected chi connectivity index (χ0v) is 44.2. The van der Waals surface area contributed by atoms with Gasteiger partial charge in [0.15, 0.2) is 19.5 Å². The highest BCUT2D eigenvalue weighted by atomic mass is 32.5. The number of hydrogen-bond donors (Lipinski definition) is 4. The molecule has 2 aromatic carbocycles. The fourth-order valence-corrected chi connectivity index (χ4v) is 15.8. The number of hydrogen-bond acceptors (Lipinski definition) is 13. The number of aromatic amines is 2. The molecule has 2 aliphatic rings. The van der Waals surface area contributed by atoms with Crippen LogP contribution in [-0.4, -0.2) is 94.1 Å². The van der Waals surface area contributed by atoms with Crippen molar-refractivity contribution in [1.29, 1.82) is 0 Å². The first kappa shape index (κ1) is 51.6. The molecule has 0 radical (unpaired) electrons. The third-order valence-corrected chi connectivity index (χ3v) is 24.2. The number of ether oxygens (including phenoxy) is 2. The molecular weight excluding hydrogens is 946 g/mol. The van der Waals surface area contributed by atoms with Crippen LogP contribution in [0, 0.1) is 12.8 Å². The van der Waals surface area contributed by atoms with Gasteiger partial charge in [-0.05, 0) is 52.3 Å². The topological polar surface area (TPSA) is 223 Å². The van der Waals surface area contributed by atoms with Gasteiger partial charge in [0, 0.05) is 30.5 Å². The summed E-state index contributed by atoms with van der Waals surface area (Å²) in [4.78, 5) is 77.0. The maximum Gasteiger partial charge on any atom is 0.330 e. The number of fused-ring (bicyclic) bond motifs is 1. The number of aryl methyl sites for hydroxylation is 1. The van der Waals surface area contributed by atoms with Crippen LogP contribution in [0.25, 0.3) is 11.2 Å². The van der Waals surface area contributed by atoms with E-state index in [0.29, 0.717) is 5.56 Å². The number of H-pyrrole nitrogens is 2. The van der Waals surface area contributed by atoms with Crippen LogP contribution in [0.2, 0.25) is 23.2 Å². The molecule has 18 nitrogen and oxygen atoms in total. The van der Waals surface area contributed by atoms with E-state index in [9.17, 15) is 24.1 Å². The van der Waals surface area contributed by atoms with Crippen LogP contribution in [0.15, 0.2) is 87.6 Å². The van der Waals surface area contributed by atoms with Crippen LogP contribution in [0.4, 0.5) is 5.95 Å². The smallest absolute Gasteiger partial charge is 0.330 e. The van der Waals surface area contributed by atoms with Gasteiger partial charge in [0.2, 0.25) is 11.9 Å². The monoisotopic (exact) mass is 1010 g/mol. The maximum atomic E-state index is 13.2. The summed E-state index contributed by atoms with van der Waals surface area (Å²) >= 11 is 5.77. The number of nitrogens with zero attached hydrogens (tertiary/aromatic N) is 4. The largest absolute Gasteiger partial charge is 0.411 e. The Morgan fingerprint density at radius 3 is 2.03 bits per heavy atom. The lowest BCUT2D eigenvalue weighted by molar-refractivity contribution is -0.118. The fourth-order valence-electron chi connectivity index (χ4n) is 8.43. The van der Waals surface area contributed by atoms with E-state index < -0.39 is 77.0 Å². The van der Waals surface area contributed by atoms with E-state index in [-0.39, 0.29) is 65.1 Å². The molecule has 7 rings (SSSR count). The SMILES string of the molecule is Cc1cn([C@H]2C[C@H](O[Si](C)(C)C(C)(C)C)[C@@H](COP(O)(=S)O[C@H]3C[C@H](n4cnc5c(=O)[nH]c(NC(=O)C(C)C)nc54)O[C@@H]3CO[Si](c3ccccc3)(c3ccccc3)C(C)(C)C)O2)c(=O)[nH]c1=O. The molecule has 68 heavy (non-hydrogen) atoms. The van der Waals surface area contributed by atoms with E-state index in [4.69, 9.17) is 39.2 Å². The summed E-state index contributed by atoms with van der Waals surface area (Å²) < 4.78 is 42.9. The molecule has 1 amide bonds. The number of anilines is 1. The van der Waals surface area contributed by atoms with Gasteiger partial charge in [-0.3, -0.25) is 38.8 Å². The quantitative estimate of drug-likeness (QED) is 0.0685. The summed E-state index contributed by atoms with van der Waals surface area (Å²) in [6.07, 6.45) is -1.54. The highest BCUT2D eigenvalue weighted by Crippen LogP contribution is 2.50. The molecule has 1 unspecified atom stereocenters. The van der Waals surface area contributed by atoms with Crippen molar-refractivity contribution in [3.63, 3.8) is 0 Å². The van der Waals surface area contributed by atoms with E-state index in [1.807, 2.05) is 36.4 Å². The van der Waals surface area contributed by atoms with Crippen LogP contribution >= 0.6 is 6.72 Å². The van der Waals surface area contributed by atoms with Crippen molar-refractivity contribution in [2.45, 2.75) is 135 Å². The maximum absolute atomic E-state index is 13.2. The van der Waals surface area contributed by atoms with Crippen molar-refractivity contribution in [2.75, 3.05) is 18.5 Å². The first-order valence-electron chi connectivity index (χ1n) is 22.8. The fraction of sp³-hybridized carbons (Fsp3) is 0.522. The number of carbonyl (C=O) groups is 1. The van der Waals surface area contributed by atoms with Crippen molar-refractivity contribution in [1.82, 2.24) is 29.1 Å². The molecule has 368 valence electrons. The van der Waals surface area contributed by atoms with E-state index in [0.717, 1.165) is 10.4 Å². The van der Waals surface area contributed by atoms with Crippen molar-refractivity contribution in [2.24, 2.45) is 5.92 Å². The molecule has 2 aliphatic heterocycles. The number of imidazole rings is 1. The van der Waals surface area contributed by atoms with E-state index in [2.05, 4.69) is 104 Å². The molecule has 2 fully saturated rings. The number of benzene rings is 2. The Labute approximate surface area is 402 Å². The third-order valence-electron chi connectivity index (χ3n) is 13.1. The predicted molar refractivity (Wildman–Crippen MR) is 268 cm³/mol. The van der Waals surface area contributed by atoms with Gasteiger partial charge in [-0.1, -0.05) is 116 Å². The summed E-state index contributed by atoms with van der Waals surface area (Å²) in [5, 5.41) is 4.19. The van der Waals surface area contributed by atoms with Gasteiger partial charge in [-0.2, -0.15) is 4.98 Å². The van der Waals surface area contributed by atoms with Crippen molar-refractivity contribution >= 4 is 68.6 Å². The van der Waals surface area contributed by atoms with E-state index >= 15 is 0 Å². The molecule has 5 heterocycles. The van der Waals surface area contributed by atoms with Crippen LogP contribution in [0.5, 0.6) is 0 Å². The zero-order chi connectivity index (χ0) is 49.6. The Balaban J connectivity index is 1.21. The Morgan fingerprint density at radius 2 is 1.46 bits per heavy atom. The van der Waals surface area contributed by atoms with Gasteiger partial charge in [0.1, 0.15) is 24.7 Å². The lowest BCUT2D eigenvalue weighted by atomic mass is 10.2. The lowest BCUT2D eigenvalue weighted by Crippen LogP contribution is -2.67. The first-order chi connectivity index (χ1) is 31.8. The van der Waals surface area contributed by atoms with Crippen LogP contribution in [0.3, 0.4) is 0 Å². The summed E-state index contributed by atoms with van der Waals surface area (Å²) in [7, 11) is -5.56. The molecule has 4 N–H and O–H groups in total. The zero-order valence-electron chi connectivity index (χ0n) is 40.5. The van der Waals surface area contributed by atoms with Crippen LogP contribution in [-0.2, 0) is 44.0 Å². The Hall–Kier alpha value is -4.26. The molecule has 3 aromatic heterocycles. The molecule has 5 aromatic rings. The van der Waals surface area contributed by atoms with Crippen molar-refractivity contribution in [3.8, 4) is 0 Å². The molecule has 22 heteroatoms. The molecule has 2 saturated heterocycles. The van der Waals surface area contributed by atoms with Gasteiger partial charge in [0.25, 0.3) is 19.4 Å². The number of nitrogens with one attached hydrogen (secondary N) is 3. The molecular formula is C46H64N7O11PSSi2. The molecule has 0 spiro atoms. The number of amides is 1. The minimum Gasteiger partial charge on any atom is -0.411 e. The molecule has 0 bridgehead atoms. The summed E-state index contributed by atoms with van der Waals surface area (Å²) in [6.45, 7) is 17.7. The van der Waals surface area contributed by atoms with Crippen molar-refractivity contribution < 1.29 is 37.1 Å². The molecule has 0 aliphatic carbocycles.